The van der Waals surface area contributed by atoms with Crippen molar-refractivity contribution >= 4 is 21.8 Å². The first-order valence-corrected chi connectivity index (χ1v) is 11.0. The Labute approximate surface area is 180 Å². The van der Waals surface area contributed by atoms with E-state index in [9.17, 15) is 4.39 Å². The lowest BCUT2D eigenvalue weighted by Gasteiger charge is -2.23. The van der Waals surface area contributed by atoms with E-state index in [0.29, 0.717) is 23.1 Å². The Morgan fingerprint density at radius 2 is 1.87 bits per heavy atom. The fourth-order valence-corrected chi connectivity index (χ4v) is 4.67. The molecule has 2 aromatic heterocycles. The number of aryl methyl sites for hydroxylation is 2. The molecule has 0 amide bonds. The lowest BCUT2D eigenvalue weighted by Crippen LogP contribution is -2.20. The summed E-state index contributed by atoms with van der Waals surface area (Å²) < 4.78 is 39.5. The quantitative estimate of drug-likeness (QED) is 0.367. The summed E-state index contributed by atoms with van der Waals surface area (Å²) in [4.78, 5) is 0. The molecule has 162 valence electrons. The van der Waals surface area contributed by atoms with Crippen LogP contribution in [0.5, 0.6) is 0 Å². The summed E-state index contributed by atoms with van der Waals surface area (Å²) >= 11 is 0. The molecule has 0 N–H and O–H groups in total. The second-order valence-electron chi connectivity index (χ2n) is 8.86. The van der Waals surface area contributed by atoms with Crippen molar-refractivity contribution in [3.05, 3.63) is 58.9 Å². The van der Waals surface area contributed by atoms with Crippen molar-refractivity contribution in [3.8, 4) is 5.69 Å². The summed E-state index contributed by atoms with van der Waals surface area (Å²) in [6, 6.07) is 8.95. The summed E-state index contributed by atoms with van der Waals surface area (Å²) in [6.07, 6.45) is 2.87. The molecule has 1 unspecified atom stereocenters. The molecule has 6 heteroatoms. The molecule has 0 radical (unpaired) electrons. The number of benzene rings is 2. The largest absolute Gasteiger partial charge is 0.357 e. The molecule has 0 spiro atoms. The zero-order valence-corrected chi connectivity index (χ0v) is 18.4. The maximum absolute atomic E-state index is 15.8. The van der Waals surface area contributed by atoms with E-state index in [4.69, 9.17) is 4.74 Å². The van der Waals surface area contributed by atoms with E-state index in [-0.39, 0.29) is 23.8 Å². The van der Waals surface area contributed by atoms with Gasteiger partial charge in [-0.1, -0.05) is 13.8 Å². The first-order chi connectivity index (χ1) is 14.9. The molecule has 1 saturated heterocycles. The van der Waals surface area contributed by atoms with Crippen LogP contribution in [0.2, 0.25) is 0 Å². The molecule has 2 aromatic carbocycles. The molecule has 1 aliphatic rings. The zero-order chi connectivity index (χ0) is 21.9. The molecule has 3 heterocycles. The number of ether oxygens (including phenoxy) is 1. The van der Waals surface area contributed by atoms with E-state index in [1.165, 1.54) is 6.07 Å². The van der Waals surface area contributed by atoms with Crippen molar-refractivity contribution in [3.63, 3.8) is 0 Å². The van der Waals surface area contributed by atoms with E-state index < -0.39 is 0 Å². The van der Waals surface area contributed by atoms with Crippen LogP contribution in [0.1, 0.15) is 62.2 Å². The maximum atomic E-state index is 15.8. The maximum Gasteiger partial charge on any atom is 0.160 e. The Kier molecular flexibility index (Phi) is 4.85. The second-order valence-corrected chi connectivity index (χ2v) is 8.86. The highest BCUT2D eigenvalue weighted by Gasteiger charge is 2.25. The van der Waals surface area contributed by atoms with Gasteiger partial charge in [0.05, 0.1) is 5.52 Å². The van der Waals surface area contributed by atoms with Gasteiger partial charge in [-0.15, -0.1) is 0 Å². The van der Waals surface area contributed by atoms with Gasteiger partial charge in [-0.3, -0.25) is 0 Å². The topological polar surface area (TPSA) is 32.0 Å². The predicted octanol–water partition coefficient (Wildman–Crippen LogP) is 6.70. The molecule has 1 fully saturated rings. The summed E-state index contributed by atoms with van der Waals surface area (Å²) in [5.41, 5.74) is 4.42. The van der Waals surface area contributed by atoms with Crippen molar-refractivity contribution in [1.82, 2.24) is 14.3 Å². The van der Waals surface area contributed by atoms with Gasteiger partial charge in [0, 0.05) is 34.5 Å². The lowest BCUT2D eigenvalue weighted by molar-refractivity contribution is -0.0402. The van der Waals surface area contributed by atoms with Gasteiger partial charge in [-0.25, -0.2) is 13.5 Å². The minimum Gasteiger partial charge on any atom is -0.357 e. The number of hydrogen-bond donors (Lipinski definition) is 0. The summed E-state index contributed by atoms with van der Waals surface area (Å²) in [7, 11) is 0. The van der Waals surface area contributed by atoms with Gasteiger partial charge in [0.2, 0.25) is 0 Å². The SMILES string of the molecule is Cc1cc(-n2c(C(C)C)cc3c(F)c4nn(C5CCCCO5)c(C)c4cc32)ccc1F. The molecule has 1 aliphatic heterocycles. The van der Waals surface area contributed by atoms with Gasteiger partial charge < -0.3 is 9.30 Å². The molecule has 0 aliphatic carbocycles. The van der Waals surface area contributed by atoms with Crippen molar-refractivity contribution in [2.24, 2.45) is 0 Å². The fraction of sp³-hybridized carbons (Fsp3) is 0.400. The summed E-state index contributed by atoms with van der Waals surface area (Å²) in [5, 5.41) is 5.95. The first-order valence-electron chi connectivity index (χ1n) is 11.0. The van der Waals surface area contributed by atoms with Gasteiger partial charge in [-0.2, -0.15) is 5.10 Å². The van der Waals surface area contributed by atoms with Crippen LogP contribution in [-0.4, -0.2) is 21.0 Å². The van der Waals surface area contributed by atoms with E-state index in [1.807, 2.05) is 34.4 Å². The fourth-order valence-electron chi connectivity index (χ4n) is 4.67. The molecule has 0 bridgehead atoms. The molecule has 4 aromatic rings. The van der Waals surface area contributed by atoms with E-state index >= 15 is 4.39 Å². The van der Waals surface area contributed by atoms with Crippen LogP contribution in [-0.2, 0) is 4.74 Å². The predicted molar refractivity (Wildman–Crippen MR) is 119 cm³/mol. The highest BCUT2D eigenvalue weighted by Crippen LogP contribution is 2.36. The minimum atomic E-state index is -0.315. The summed E-state index contributed by atoms with van der Waals surface area (Å²) in [6.45, 7) is 8.58. The third-order valence-electron chi connectivity index (χ3n) is 6.41. The van der Waals surface area contributed by atoms with Gasteiger partial charge in [-0.05, 0) is 74.9 Å². The Morgan fingerprint density at radius 1 is 1.06 bits per heavy atom. The van der Waals surface area contributed by atoms with Gasteiger partial charge >= 0.3 is 0 Å². The molecule has 31 heavy (non-hydrogen) atoms. The smallest absolute Gasteiger partial charge is 0.160 e. The van der Waals surface area contributed by atoms with Crippen LogP contribution in [0.4, 0.5) is 8.78 Å². The van der Waals surface area contributed by atoms with Crippen molar-refractivity contribution < 1.29 is 13.5 Å². The van der Waals surface area contributed by atoms with Crippen molar-refractivity contribution in [1.29, 1.82) is 0 Å². The molecule has 0 saturated carbocycles. The standard InChI is InChI=1S/C25H27F2N3O/c1-14(2)21-13-19-22(29(21)17-8-9-20(26)15(3)11-17)12-18-16(4)30(28-25(18)24(19)27)23-7-5-6-10-31-23/h8-9,11-14,23H,5-7,10H2,1-4H3. The van der Waals surface area contributed by atoms with Crippen molar-refractivity contribution in [2.75, 3.05) is 6.61 Å². The van der Waals surface area contributed by atoms with Crippen LogP contribution in [0.15, 0.2) is 30.3 Å². The second kappa shape index (κ2) is 7.45. The number of fused-ring (bicyclic) bond motifs is 2. The van der Waals surface area contributed by atoms with Crippen LogP contribution in [0.25, 0.3) is 27.5 Å². The third-order valence-corrected chi connectivity index (χ3v) is 6.41. The molecule has 5 rings (SSSR count). The number of aromatic nitrogens is 3. The minimum absolute atomic E-state index is 0.145. The molecular formula is C25H27F2N3O. The average Bonchev–Trinajstić information content (AvgIpc) is 3.30. The van der Waals surface area contributed by atoms with Crippen LogP contribution >= 0.6 is 0 Å². The van der Waals surface area contributed by atoms with E-state index in [2.05, 4.69) is 18.9 Å². The van der Waals surface area contributed by atoms with Gasteiger partial charge in [0.25, 0.3) is 0 Å². The Hall–Kier alpha value is -2.73. The molecule has 1 atom stereocenters. The average molecular weight is 424 g/mol. The highest BCUT2D eigenvalue weighted by molar-refractivity contribution is 5.98. The first kappa shape index (κ1) is 20.2. The van der Waals surface area contributed by atoms with E-state index in [0.717, 1.165) is 47.2 Å². The normalized spacial score (nSPS) is 17.3. The van der Waals surface area contributed by atoms with Gasteiger partial charge in [0.15, 0.2) is 5.82 Å². The zero-order valence-electron chi connectivity index (χ0n) is 18.4. The third kappa shape index (κ3) is 3.16. The number of hydrogen-bond acceptors (Lipinski definition) is 2. The van der Waals surface area contributed by atoms with Gasteiger partial charge in [0.1, 0.15) is 17.6 Å². The molecular weight excluding hydrogens is 396 g/mol. The Bertz CT molecular complexity index is 1300. The Balaban J connectivity index is 1.79. The van der Waals surface area contributed by atoms with Crippen LogP contribution < -0.4 is 0 Å². The lowest BCUT2D eigenvalue weighted by atomic mass is 10.1. The van der Waals surface area contributed by atoms with Crippen LogP contribution in [0.3, 0.4) is 0 Å². The number of rotatable bonds is 3. The van der Waals surface area contributed by atoms with Crippen LogP contribution in [0, 0.1) is 25.5 Å². The number of nitrogens with zero attached hydrogens (tertiary/aromatic N) is 3. The summed E-state index contributed by atoms with van der Waals surface area (Å²) in [5.74, 6) is -0.393. The highest BCUT2D eigenvalue weighted by atomic mass is 19.1. The number of halogens is 2. The Morgan fingerprint density at radius 3 is 2.55 bits per heavy atom. The van der Waals surface area contributed by atoms with E-state index in [1.54, 1.807) is 13.0 Å². The molecule has 4 nitrogen and oxygen atoms in total. The monoisotopic (exact) mass is 423 g/mol. The van der Waals surface area contributed by atoms with Crippen molar-refractivity contribution in [2.45, 2.75) is 59.1 Å².